The van der Waals surface area contributed by atoms with Gasteiger partial charge in [-0.05, 0) is 42.1 Å². The molecule has 1 aromatic carbocycles. The number of nitrogens with zero attached hydrogens (tertiary/aromatic N) is 1. The van der Waals surface area contributed by atoms with Crippen molar-refractivity contribution in [3.63, 3.8) is 0 Å². The van der Waals surface area contributed by atoms with E-state index >= 15 is 0 Å². The molecule has 2 rings (SSSR count). The summed E-state index contributed by atoms with van der Waals surface area (Å²) in [5, 5.41) is 3.98. The van der Waals surface area contributed by atoms with Crippen molar-refractivity contribution >= 4 is 22.9 Å². The van der Waals surface area contributed by atoms with Crippen molar-refractivity contribution < 1.29 is 0 Å². The number of benzene rings is 1. The Bertz CT molecular complexity index is 486. The summed E-state index contributed by atoms with van der Waals surface area (Å²) in [7, 11) is 0. The van der Waals surface area contributed by atoms with Crippen LogP contribution >= 0.6 is 11.3 Å². The molecule has 2 aromatic rings. The molecule has 17 heavy (non-hydrogen) atoms. The Hall–Kier alpha value is -1.65. The van der Waals surface area contributed by atoms with Gasteiger partial charge in [-0.2, -0.15) is 11.3 Å². The van der Waals surface area contributed by atoms with Gasteiger partial charge < -0.3 is 11.5 Å². The molecule has 3 nitrogen and oxygen atoms in total. The summed E-state index contributed by atoms with van der Waals surface area (Å²) >= 11 is 1.61. The number of nitrogens with two attached hydrogens (primary N) is 2. The number of amidine groups is 1. The zero-order chi connectivity index (χ0) is 12.1. The average Bonchev–Trinajstić information content (AvgIpc) is 2.86. The Morgan fingerprint density at radius 1 is 1.18 bits per heavy atom. The highest BCUT2D eigenvalue weighted by Crippen LogP contribution is 2.15. The number of rotatable bonds is 4. The van der Waals surface area contributed by atoms with E-state index in [2.05, 4.69) is 4.99 Å². The number of thiophene rings is 1. The predicted molar refractivity (Wildman–Crippen MR) is 73.9 cm³/mol. The van der Waals surface area contributed by atoms with Crippen LogP contribution in [0.4, 0.5) is 5.69 Å². The Labute approximate surface area is 105 Å². The van der Waals surface area contributed by atoms with Crippen LogP contribution in [0.15, 0.2) is 46.1 Å². The third kappa shape index (κ3) is 3.15. The molecule has 0 amide bonds. The van der Waals surface area contributed by atoms with Crippen molar-refractivity contribution in [3.05, 3.63) is 52.2 Å². The van der Waals surface area contributed by atoms with Crippen molar-refractivity contribution in [1.29, 1.82) is 0 Å². The second-order valence-corrected chi connectivity index (χ2v) is 4.49. The highest BCUT2D eigenvalue weighted by atomic mass is 32.1. The third-order valence-electron chi connectivity index (χ3n) is 2.44. The van der Waals surface area contributed by atoms with E-state index in [1.54, 1.807) is 11.3 Å². The summed E-state index contributed by atoms with van der Waals surface area (Å²) in [6, 6.07) is 9.96. The van der Waals surface area contributed by atoms with Gasteiger partial charge in [-0.1, -0.05) is 12.1 Å². The van der Waals surface area contributed by atoms with Gasteiger partial charge in [0.2, 0.25) is 0 Å². The minimum atomic E-state index is 0.554. The van der Waals surface area contributed by atoms with Crippen LogP contribution < -0.4 is 11.5 Å². The van der Waals surface area contributed by atoms with E-state index in [9.17, 15) is 0 Å². The van der Waals surface area contributed by atoms with Gasteiger partial charge in [0.1, 0.15) is 5.84 Å². The van der Waals surface area contributed by atoms with E-state index in [-0.39, 0.29) is 0 Å². The maximum absolute atomic E-state index is 5.90. The van der Waals surface area contributed by atoms with E-state index < -0.39 is 0 Å². The van der Waals surface area contributed by atoms with Crippen molar-refractivity contribution in [3.8, 4) is 0 Å². The van der Waals surface area contributed by atoms with Gasteiger partial charge in [0.05, 0.1) is 5.69 Å². The van der Waals surface area contributed by atoms with Crippen molar-refractivity contribution in [2.75, 3.05) is 6.54 Å². The zero-order valence-corrected chi connectivity index (χ0v) is 10.3. The van der Waals surface area contributed by atoms with Crippen LogP contribution in [0.3, 0.4) is 0 Å². The molecule has 1 heterocycles. The summed E-state index contributed by atoms with van der Waals surface area (Å²) in [6.45, 7) is 0.666. The lowest BCUT2D eigenvalue weighted by atomic mass is 10.1. The fourth-order valence-corrected chi connectivity index (χ4v) is 2.17. The lowest BCUT2D eigenvalue weighted by Gasteiger charge is -2.00. The first-order valence-electron chi connectivity index (χ1n) is 5.45. The first-order valence-corrected chi connectivity index (χ1v) is 6.39. The second-order valence-electron chi connectivity index (χ2n) is 3.71. The van der Waals surface area contributed by atoms with Gasteiger partial charge in [0.15, 0.2) is 0 Å². The fraction of sp³-hybridized carbons (Fsp3) is 0.154. The molecule has 0 bridgehead atoms. The molecule has 0 fully saturated rings. The van der Waals surface area contributed by atoms with Crippen LogP contribution in [-0.4, -0.2) is 12.4 Å². The Balaban J connectivity index is 2.15. The first-order chi connectivity index (χ1) is 8.29. The minimum Gasteiger partial charge on any atom is -0.383 e. The van der Waals surface area contributed by atoms with Crippen molar-refractivity contribution in [2.24, 2.45) is 16.5 Å². The topological polar surface area (TPSA) is 64.4 Å². The molecule has 0 aliphatic heterocycles. The van der Waals surface area contributed by atoms with Gasteiger partial charge in [-0.3, -0.25) is 0 Å². The van der Waals surface area contributed by atoms with Crippen molar-refractivity contribution in [1.82, 2.24) is 0 Å². The van der Waals surface area contributed by atoms with Gasteiger partial charge in [-0.15, -0.1) is 0 Å². The monoisotopic (exact) mass is 245 g/mol. The highest BCUT2D eigenvalue weighted by molar-refractivity contribution is 7.08. The molecule has 0 saturated heterocycles. The molecular formula is C13H15N3S. The molecule has 4 heteroatoms. The molecular weight excluding hydrogens is 230 g/mol. The SMILES string of the molecule is NCCc1ccc(N=C(N)c2ccsc2)cc1. The van der Waals surface area contributed by atoms with E-state index in [0.717, 1.165) is 17.7 Å². The van der Waals surface area contributed by atoms with Crippen LogP contribution in [0.5, 0.6) is 0 Å². The van der Waals surface area contributed by atoms with Crippen LogP contribution in [0.2, 0.25) is 0 Å². The molecule has 4 N–H and O–H groups in total. The normalized spacial score (nSPS) is 11.7. The lowest BCUT2D eigenvalue weighted by molar-refractivity contribution is 0.969. The van der Waals surface area contributed by atoms with Crippen LogP contribution in [0.1, 0.15) is 11.1 Å². The summed E-state index contributed by atoms with van der Waals surface area (Å²) < 4.78 is 0. The Morgan fingerprint density at radius 3 is 2.53 bits per heavy atom. The van der Waals surface area contributed by atoms with Crippen LogP contribution in [0, 0.1) is 0 Å². The van der Waals surface area contributed by atoms with E-state index in [1.165, 1.54) is 5.56 Å². The van der Waals surface area contributed by atoms with Gasteiger partial charge in [0.25, 0.3) is 0 Å². The maximum Gasteiger partial charge on any atom is 0.132 e. The molecule has 0 saturated carbocycles. The second kappa shape index (κ2) is 5.61. The summed E-state index contributed by atoms with van der Waals surface area (Å²) in [4.78, 5) is 4.37. The Morgan fingerprint density at radius 2 is 1.94 bits per heavy atom. The number of hydrogen-bond acceptors (Lipinski definition) is 3. The molecule has 0 aliphatic carbocycles. The maximum atomic E-state index is 5.90. The molecule has 0 unspecified atom stereocenters. The van der Waals surface area contributed by atoms with Gasteiger partial charge >= 0.3 is 0 Å². The first kappa shape index (κ1) is 11.8. The van der Waals surface area contributed by atoms with Gasteiger partial charge in [-0.25, -0.2) is 4.99 Å². The summed E-state index contributed by atoms with van der Waals surface area (Å²) in [6.07, 6.45) is 0.893. The van der Waals surface area contributed by atoms with E-state index in [0.29, 0.717) is 12.4 Å². The van der Waals surface area contributed by atoms with Crippen LogP contribution in [-0.2, 0) is 6.42 Å². The summed E-state index contributed by atoms with van der Waals surface area (Å²) in [5.41, 5.74) is 14.5. The standard InChI is InChI=1S/C13H15N3S/c14-7-5-10-1-3-12(4-2-10)16-13(15)11-6-8-17-9-11/h1-4,6,8-9H,5,7,14H2,(H2,15,16). The van der Waals surface area contributed by atoms with E-state index in [1.807, 2.05) is 41.1 Å². The molecule has 0 aliphatic rings. The smallest absolute Gasteiger partial charge is 0.132 e. The fourth-order valence-electron chi connectivity index (χ4n) is 1.52. The molecule has 88 valence electrons. The third-order valence-corrected chi connectivity index (χ3v) is 3.12. The number of aliphatic imine (C=N–C) groups is 1. The highest BCUT2D eigenvalue weighted by Gasteiger charge is 1.99. The Kier molecular flexibility index (Phi) is 3.90. The largest absolute Gasteiger partial charge is 0.383 e. The van der Waals surface area contributed by atoms with Gasteiger partial charge in [0, 0.05) is 10.9 Å². The predicted octanol–water partition coefficient (Wildman–Crippen LogP) is 2.29. The van der Waals surface area contributed by atoms with E-state index in [4.69, 9.17) is 11.5 Å². The summed E-state index contributed by atoms with van der Waals surface area (Å²) in [5.74, 6) is 0.554. The molecule has 0 spiro atoms. The lowest BCUT2D eigenvalue weighted by Crippen LogP contribution is -2.11. The quantitative estimate of drug-likeness (QED) is 0.641. The molecule has 0 radical (unpaired) electrons. The molecule has 1 aromatic heterocycles. The molecule has 0 atom stereocenters. The van der Waals surface area contributed by atoms with Crippen molar-refractivity contribution in [2.45, 2.75) is 6.42 Å². The zero-order valence-electron chi connectivity index (χ0n) is 9.47. The van der Waals surface area contributed by atoms with Crippen LogP contribution in [0.25, 0.3) is 0 Å². The minimum absolute atomic E-state index is 0.554. The average molecular weight is 245 g/mol. The number of hydrogen-bond donors (Lipinski definition) is 2.